The minimum atomic E-state index is -2.26. The molecule has 0 aliphatic carbocycles. The van der Waals surface area contributed by atoms with Crippen molar-refractivity contribution in [2.75, 3.05) is 0 Å². The highest BCUT2D eigenvalue weighted by atomic mass is 28.3. The van der Waals surface area contributed by atoms with Crippen LogP contribution in [0.15, 0.2) is 86.0 Å². The van der Waals surface area contributed by atoms with E-state index in [0.29, 0.717) is 0 Å². The standard InChI is InChI=1S/C22H28OSi/c1-4-13-21(23)22(6-3)24(18-5-2,19-14-9-7-10-15-19)20-16-11-8-12-17-20/h5-12,14-17,21-23H,2-4,13,18H2,1H3/t21-,22+/m1/s1. The lowest BCUT2D eigenvalue weighted by Gasteiger charge is -2.40. The Balaban J connectivity index is 2.70. The van der Waals surface area contributed by atoms with E-state index in [9.17, 15) is 5.11 Å². The molecule has 24 heavy (non-hydrogen) atoms. The average molecular weight is 337 g/mol. The fourth-order valence-corrected chi connectivity index (χ4v) is 8.89. The first-order valence-electron chi connectivity index (χ1n) is 8.73. The maximum Gasteiger partial charge on any atom is 0.130 e. The second-order valence-electron chi connectivity index (χ2n) is 6.31. The largest absolute Gasteiger partial charge is 0.393 e. The zero-order valence-electron chi connectivity index (χ0n) is 14.6. The summed E-state index contributed by atoms with van der Waals surface area (Å²) < 4.78 is 0. The van der Waals surface area contributed by atoms with Gasteiger partial charge in [0.05, 0.1) is 6.10 Å². The van der Waals surface area contributed by atoms with Crippen LogP contribution in [0.1, 0.15) is 19.8 Å². The minimum Gasteiger partial charge on any atom is -0.393 e. The van der Waals surface area contributed by atoms with Gasteiger partial charge >= 0.3 is 0 Å². The molecule has 0 bridgehead atoms. The summed E-state index contributed by atoms with van der Waals surface area (Å²) >= 11 is 0. The number of allylic oxidation sites excluding steroid dienone is 1. The van der Waals surface area contributed by atoms with Crippen LogP contribution >= 0.6 is 0 Å². The van der Waals surface area contributed by atoms with E-state index in [1.54, 1.807) is 0 Å². The number of rotatable bonds is 9. The molecule has 0 unspecified atom stereocenters. The summed E-state index contributed by atoms with van der Waals surface area (Å²) in [5.41, 5.74) is 0.0558. The maximum absolute atomic E-state index is 10.9. The van der Waals surface area contributed by atoms with Gasteiger partial charge in [-0.3, -0.25) is 0 Å². The average Bonchev–Trinajstić information content (AvgIpc) is 2.63. The van der Waals surface area contributed by atoms with Crippen molar-refractivity contribution in [3.05, 3.63) is 86.0 Å². The third kappa shape index (κ3) is 3.60. The normalized spacial score (nSPS) is 13.9. The van der Waals surface area contributed by atoms with E-state index in [1.165, 1.54) is 10.4 Å². The monoisotopic (exact) mass is 336 g/mol. The fourth-order valence-electron chi connectivity index (χ4n) is 3.78. The molecule has 0 aliphatic heterocycles. The molecule has 1 nitrogen and oxygen atoms in total. The van der Waals surface area contributed by atoms with E-state index in [4.69, 9.17) is 0 Å². The van der Waals surface area contributed by atoms with Crippen LogP contribution in [0, 0.1) is 0 Å². The van der Waals surface area contributed by atoms with Crippen molar-refractivity contribution in [3.8, 4) is 0 Å². The van der Waals surface area contributed by atoms with Crippen molar-refractivity contribution < 1.29 is 5.11 Å². The molecule has 0 saturated heterocycles. The van der Waals surface area contributed by atoms with Gasteiger partial charge in [0.2, 0.25) is 0 Å². The van der Waals surface area contributed by atoms with Crippen LogP contribution in [-0.4, -0.2) is 19.3 Å². The molecule has 0 amide bonds. The van der Waals surface area contributed by atoms with Crippen molar-refractivity contribution in [2.45, 2.75) is 37.5 Å². The molecular weight excluding hydrogens is 308 g/mol. The molecule has 2 atom stereocenters. The molecule has 0 aromatic heterocycles. The van der Waals surface area contributed by atoms with E-state index in [-0.39, 0.29) is 11.6 Å². The van der Waals surface area contributed by atoms with Crippen LogP contribution in [0.3, 0.4) is 0 Å². The van der Waals surface area contributed by atoms with Crippen LogP contribution in [0.25, 0.3) is 0 Å². The highest BCUT2D eigenvalue weighted by molar-refractivity contribution is 7.04. The van der Waals surface area contributed by atoms with Crippen molar-refractivity contribution >= 4 is 18.4 Å². The number of hydrogen-bond donors (Lipinski definition) is 1. The van der Waals surface area contributed by atoms with Crippen LogP contribution < -0.4 is 10.4 Å². The van der Waals surface area contributed by atoms with Crippen LogP contribution in [0.4, 0.5) is 0 Å². The molecule has 126 valence electrons. The minimum absolute atomic E-state index is 0.0558. The van der Waals surface area contributed by atoms with Gasteiger partial charge in [0.15, 0.2) is 0 Å². The van der Waals surface area contributed by atoms with Crippen molar-refractivity contribution in [1.29, 1.82) is 0 Å². The lowest BCUT2D eigenvalue weighted by Crippen LogP contribution is -2.63. The molecule has 1 N–H and O–H groups in total. The van der Waals surface area contributed by atoms with Gasteiger partial charge in [0.25, 0.3) is 0 Å². The Kier molecular flexibility index (Phi) is 6.77. The van der Waals surface area contributed by atoms with Gasteiger partial charge in [-0.1, -0.05) is 96.5 Å². The number of hydrogen-bond acceptors (Lipinski definition) is 1. The highest BCUT2D eigenvalue weighted by Crippen LogP contribution is 2.32. The second kappa shape index (κ2) is 8.81. The smallest absolute Gasteiger partial charge is 0.130 e. The van der Waals surface area contributed by atoms with Gasteiger partial charge < -0.3 is 5.11 Å². The third-order valence-corrected chi connectivity index (χ3v) is 10.3. The number of benzene rings is 2. The summed E-state index contributed by atoms with van der Waals surface area (Å²) in [6.45, 7) is 10.3. The highest BCUT2D eigenvalue weighted by Gasteiger charge is 2.45. The predicted octanol–water partition coefficient (Wildman–Crippen LogP) is 4.15. The lowest BCUT2D eigenvalue weighted by molar-refractivity contribution is 0.165. The molecule has 0 heterocycles. The SMILES string of the molecule is C=CC[Si](c1ccccc1)(c1ccccc1)[C@@H](C=C)[C@H](O)CCC. The second-order valence-corrected chi connectivity index (χ2v) is 10.5. The predicted molar refractivity (Wildman–Crippen MR) is 108 cm³/mol. The topological polar surface area (TPSA) is 20.2 Å². The molecule has 0 fully saturated rings. The van der Waals surface area contributed by atoms with Crippen LogP contribution in [-0.2, 0) is 0 Å². The molecule has 0 aliphatic rings. The lowest BCUT2D eigenvalue weighted by atomic mass is 10.1. The van der Waals surface area contributed by atoms with Crippen LogP contribution in [0.5, 0.6) is 0 Å². The van der Waals surface area contributed by atoms with E-state index < -0.39 is 8.07 Å². The summed E-state index contributed by atoms with van der Waals surface area (Å²) in [6.07, 6.45) is 5.38. The molecule has 0 saturated carbocycles. The van der Waals surface area contributed by atoms with Gasteiger partial charge in [-0.05, 0) is 12.5 Å². The van der Waals surface area contributed by atoms with Crippen molar-refractivity contribution in [3.63, 3.8) is 0 Å². The Labute approximate surface area is 147 Å². The van der Waals surface area contributed by atoms with E-state index in [2.05, 4.69) is 68.6 Å². The molecule has 0 spiro atoms. The summed E-state index contributed by atoms with van der Waals surface area (Å²) in [4.78, 5) is 0. The Morgan fingerprint density at radius 1 is 0.958 bits per heavy atom. The zero-order chi connectivity index (χ0) is 17.4. The van der Waals surface area contributed by atoms with Crippen molar-refractivity contribution in [2.24, 2.45) is 0 Å². The molecule has 2 aromatic rings. The first kappa shape index (κ1) is 18.4. The van der Waals surface area contributed by atoms with Crippen LogP contribution in [0.2, 0.25) is 11.6 Å². The van der Waals surface area contributed by atoms with Gasteiger partial charge in [-0.15, -0.1) is 13.2 Å². The van der Waals surface area contributed by atoms with Gasteiger partial charge in [-0.2, -0.15) is 0 Å². The summed E-state index contributed by atoms with van der Waals surface area (Å²) in [6, 6.07) is 22.2. The number of aliphatic hydroxyl groups excluding tert-OH is 1. The Morgan fingerprint density at radius 3 is 1.83 bits per heavy atom. The first-order chi connectivity index (χ1) is 11.7. The van der Waals surface area contributed by atoms with Crippen molar-refractivity contribution in [1.82, 2.24) is 0 Å². The zero-order valence-corrected chi connectivity index (χ0v) is 15.6. The third-order valence-electron chi connectivity index (χ3n) is 4.87. The quantitative estimate of drug-likeness (QED) is 0.539. The Morgan fingerprint density at radius 2 is 1.46 bits per heavy atom. The molecule has 2 heteroatoms. The molecule has 0 radical (unpaired) electrons. The van der Waals surface area contributed by atoms with E-state index in [0.717, 1.165) is 18.9 Å². The van der Waals surface area contributed by atoms with Gasteiger partial charge in [0.1, 0.15) is 8.07 Å². The molecule has 2 aromatic carbocycles. The Hall–Kier alpha value is -1.90. The van der Waals surface area contributed by atoms with E-state index in [1.807, 2.05) is 24.3 Å². The number of aliphatic hydroxyl groups is 1. The fraction of sp³-hybridized carbons (Fsp3) is 0.273. The van der Waals surface area contributed by atoms with E-state index >= 15 is 0 Å². The van der Waals surface area contributed by atoms with Gasteiger partial charge in [-0.25, -0.2) is 0 Å². The molecule has 2 rings (SSSR count). The summed E-state index contributed by atoms with van der Waals surface area (Å²) in [5, 5.41) is 13.6. The first-order valence-corrected chi connectivity index (χ1v) is 11.0. The summed E-state index contributed by atoms with van der Waals surface area (Å²) in [5.74, 6) is 0. The molecular formula is C22H28OSi. The summed E-state index contributed by atoms with van der Waals surface area (Å²) in [7, 11) is -2.26. The van der Waals surface area contributed by atoms with Gasteiger partial charge in [0, 0.05) is 5.54 Å². The maximum atomic E-state index is 10.9. The Bertz CT molecular complexity index is 596.